The average Bonchev–Trinajstić information content (AvgIpc) is 3.08. The summed E-state index contributed by atoms with van der Waals surface area (Å²) in [5, 5.41) is 13.3. The van der Waals surface area contributed by atoms with Crippen molar-refractivity contribution in [3.63, 3.8) is 0 Å². The molecule has 0 atom stereocenters. The number of aryl methyl sites for hydroxylation is 1. The molecule has 0 N–H and O–H groups in total. The molecule has 0 aliphatic carbocycles. The normalized spacial score (nSPS) is 15.5. The first-order valence-corrected chi connectivity index (χ1v) is 10.1. The van der Waals surface area contributed by atoms with Crippen LogP contribution in [-0.4, -0.2) is 62.8 Å². The van der Waals surface area contributed by atoms with Crippen LogP contribution in [0, 0.1) is 13.8 Å². The number of hydrogen-bond donors (Lipinski definition) is 0. The largest absolute Gasteiger partial charge is 0.444 e. The molecule has 3 heterocycles. The number of carbonyl (C=O) groups excluding carboxylic acids is 1. The van der Waals surface area contributed by atoms with Gasteiger partial charge in [-0.3, -0.25) is 4.68 Å². The Morgan fingerprint density at radius 2 is 1.83 bits per heavy atom. The van der Waals surface area contributed by atoms with Gasteiger partial charge in [0.15, 0.2) is 5.82 Å². The summed E-state index contributed by atoms with van der Waals surface area (Å²) in [4.78, 5) is 16.3. The second-order valence-corrected chi connectivity index (χ2v) is 8.77. The number of ether oxygens (including phenoxy) is 1. The molecule has 2 aromatic heterocycles. The van der Waals surface area contributed by atoms with Gasteiger partial charge in [-0.05, 0) is 64.7 Å². The van der Waals surface area contributed by atoms with Crippen molar-refractivity contribution in [2.75, 3.05) is 25.0 Å². The van der Waals surface area contributed by atoms with Crippen molar-refractivity contribution in [1.82, 2.24) is 24.9 Å². The summed E-state index contributed by atoms with van der Waals surface area (Å²) >= 11 is 0. The van der Waals surface area contributed by atoms with Gasteiger partial charge in [0.1, 0.15) is 11.3 Å². The van der Waals surface area contributed by atoms with Crippen LogP contribution in [0.1, 0.15) is 44.7 Å². The van der Waals surface area contributed by atoms with Crippen molar-refractivity contribution in [2.45, 2.75) is 59.1 Å². The summed E-state index contributed by atoms with van der Waals surface area (Å²) in [5.41, 5.74) is 3.60. The van der Waals surface area contributed by atoms with Gasteiger partial charge in [0.25, 0.3) is 0 Å². The summed E-state index contributed by atoms with van der Waals surface area (Å²) in [6, 6.07) is 2.12. The molecule has 8 nitrogen and oxygen atoms in total. The number of amides is 1. The highest BCUT2D eigenvalue weighted by molar-refractivity contribution is 5.68. The fourth-order valence-corrected chi connectivity index (χ4v) is 3.69. The molecule has 29 heavy (non-hydrogen) atoms. The molecule has 0 radical (unpaired) electrons. The Morgan fingerprint density at radius 1 is 1.17 bits per heavy atom. The summed E-state index contributed by atoms with van der Waals surface area (Å²) < 4.78 is 7.31. The number of hydrogen-bond acceptors (Lipinski definition) is 6. The average molecular weight is 401 g/mol. The maximum atomic E-state index is 12.3. The molecule has 0 aromatic carbocycles. The van der Waals surface area contributed by atoms with Crippen molar-refractivity contribution in [1.29, 1.82) is 0 Å². The van der Waals surface area contributed by atoms with Gasteiger partial charge >= 0.3 is 6.09 Å². The Labute approximate surface area is 172 Å². The zero-order valence-electron chi connectivity index (χ0n) is 18.6. The minimum atomic E-state index is -0.480. The van der Waals surface area contributed by atoms with Crippen LogP contribution in [0.4, 0.5) is 10.6 Å². The smallest absolute Gasteiger partial charge is 0.410 e. The third kappa shape index (κ3) is 4.52. The number of aromatic nitrogens is 4. The highest BCUT2D eigenvalue weighted by Crippen LogP contribution is 2.29. The summed E-state index contributed by atoms with van der Waals surface area (Å²) in [6.07, 6.45) is 3.26. The quantitative estimate of drug-likeness (QED) is 0.787. The first-order valence-electron chi connectivity index (χ1n) is 10.1. The van der Waals surface area contributed by atoms with Gasteiger partial charge in [0, 0.05) is 39.4 Å². The Balaban J connectivity index is 1.69. The summed E-state index contributed by atoms with van der Waals surface area (Å²) in [5.74, 6) is 0.923. The van der Waals surface area contributed by atoms with Crippen molar-refractivity contribution >= 4 is 11.9 Å². The molecule has 1 amide bonds. The van der Waals surface area contributed by atoms with E-state index in [0.717, 1.165) is 54.3 Å². The van der Waals surface area contributed by atoms with Gasteiger partial charge < -0.3 is 14.5 Å². The predicted octanol–water partition coefficient (Wildman–Crippen LogP) is 3.33. The molecule has 0 bridgehead atoms. The van der Waals surface area contributed by atoms with Crippen LogP contribution in [-0.2, 0) is 11.8 Å². The van der Waals surface area contributed by atoms with Crippen LogP contribution in [0.3, 0.4) is 0 Å². The van der Waals surface area contributed by atoms with Gasteiger partial charge in [0.05, 0.1) is 5.69 Å². The molecule has 8 heteroatoms. The van der Waals surface area contributed by atoms with Crippen molar-refractivity contribution < 1.29 is 9.53 Å². The van der Waals surface area contributed by atoms with Crippen LogP contribution < -0.4 is 4.90 Å². The number of rotatable bonds is 3. The molecule has 3 rings (SSSR count). The summed E-state index contributed by atoms with van der Waals surface area (Å²) in [6.45, 7) is 11.5. The molecule has 0 saturated carbocycles. The zero-order valence-corrected chi connectivity index (χ0v) is 18.6. The van der Waals surface area contributed by atoms with E-state index in [1.165, 1.54) is 0 Å². The lowest BCUT2D eigenvalue weighted by Crippen LogP contribution is -2.47. The molecule has 0 unspecified atom stereocenters. The van der Waals surface area contributed by atoms with Crippen LogP contribution in [0.25, 0.3) is 11.4 Å². The number of anilines is 1. The second kappa shape index (κ2) is 8.00. The molecule has 1 aliphatic heterocycles. The summed E-state index contributed by atoms with van der Waals surface area (Å²) in [7, 11) is 3.73. The number of carbonyl (C=O) groups is 1. The minimum Gasteiger partial charge on any atom is -0.444 e. The van der Waals surface area contributed by atoms with Gasteiger partial charge in [-0.1, -0.05) is 0 Å². The van der Waals surface area contributed by atoms with Crippen LogP contribution >= 0.6 is 0 Å². The molecule has 1 fully saturated rings. The van der Waals surface area contributed by atoms with E-state index in [1.54, 1.807) is 11.1 Å². The Kier molecular flexibility index (Phi) is 5.82. The predicted molar refractivity (Wildman–Crippen MR) is 113 cm³/mol. The van der Waals surface area contributed by atoms with E-state index in [1.807, 2.05) is 45.6 Å². The van der Waals surface area contributed by atoms with Crippen LogP contribution in [0.5, 0.6) is 0 Å². The van der Waals surface area contributed by atoms with Crippen molar-refractivity contribution in [3.8, 4) is 11.4 Å². The second-order valence-electron chi connectivity index (χ2n) is 8.77. The fourth-order valence-electron chi connectivity index (χ4n) is 3.69. The Bertz CT molecular complexity index is 878. The SMILES string of the molecule is Cc1c(-c2ccnn2C)nnc(N2CCC(N(C)C(=O)OC(C)(C)C)CC2)c1C. The van der Waals surface area contributed by atoms with Crippen LogP contribution in [0.15, 0.2) is 12.3 Å². The van der Waals surface area contributed by atoms with E-state index in [0.29, 0.717) is 0 Å². The van der Waals surface area contributed by atoms with Gasteiger partial charge in [-0.2, -0.15) is 5.10 Å². The third-order valence-corrected chi connectivity index (χ3v) is 5.55. The van der Waals surface area contributed by atoms with E-state index >= 15 is 0 Å². The first kappa shape index (κ1) is 21.1. The molecule has 1 saturated heterocycles. The lowest BCUT2D eigenvalue weighted by molar-refractivity contribution is 0.0200. The number of nitrogens with zero attached hydrogens (tertiary/aromatic N) is 6. The molecule has 2 aromatic rings. The van der Waals surface area contributed by atoms with Gasteiger partial charge in [0.2, 0.25) is 0 Å². The molecule has 1 aliphatic rings. The van der Waals surface area contributed by atoms with E-state index in [4.69, 9.17) is 4.74 Å². The maximum Gasteiger partial charge on any atom is 0.410 e. The first-order chi connectivity index (χ1) is 13.6. The molecule has 0 spiro atoms. The highest BCUT2D eigenvalue weighted by Gasteiger charge is 2.30. The lowest BCUT2D eigenvalue weighted by Gasteiger charge is -2.38. The Hall–Kier alpha value is -2.64. The van der Waals surface area contributed by atoms with E-state index < -0.39 is 5.60 Å². The minimum absolute atomic E-state index is 0.171. The van der Waals surface area contributed by atoms with Gasteiger partial charge in [-0.15, -0.1) is 10.2 Å². The molecular formula is C21H32N6O2. The number of piperidine rings is 1. The highest BCUT2D eigenvalue weighted by atomic mass is 16.6. The molecule has 158 valence electrons. The fraction of sp³-hybridized carbons (Fsp3) is 0.619. The van der Waals surface area contributed by atoms with Gasteiger partial charge in [-0.25, -0.2) is 4.79 Å². The molecular weight excluding hydrogens is 368 g/mol. The van der Waals surface area contributed by atoms with Crippen molar-refractivity contribution in [2.24, 2.45) is 7.05 Å². The van der Waals surface area contributed by atoms with Crippen LogP contribution in [0.2, 0.25) is 0 Å². The third-order valence-electron chi connectivity index (χ3n) is 5.55. The maximum absolute atomic E-state index is 12.3. The van der Waals surface area contributed by atoms with E-state index in [9.17, 15) is 4.79 Å². The Morgan fingerprint density at radius 3 is 2.38 bits per heavy atom. The van der Waals surface area contributed by atoms with E-state index in [-0.39, 0.29) is 12.1 Å². The van der Waals surface area contributed by atoms with Crippen molar-refractivity contribution in [3.05, 3.63) is 23.4 Å². The van der Waals surface area contributed by atoms with E-state index in [2.05, 4.69) is 34.0 Å². The topological polar surface area (TPSA) is 76.4 Å². The zero-order chi connectivity index (χ0) is 21.3. The monoisotopic (exact) mass is 400 g/mol. The standard InChI is InChI=1S/C21H32N6O2/c1-14-15(2)19(24-23-18(14)17-8-11-22-26(17)7)27-12-9-16(10-13-27)25(6)20(28)29-21(3,4)5/h8,11,16H,9-10,12-13H2,1-7H3. The lowest BCUT2D eigenvalue weighted by atomic mass is 10.0.